The number of amides is 1. The molecular weight excluding hydrogens is 489 g/mol. The molecule has 4 rings (SSSR count). The summed E-state index contributed by atoms with van der Waals surface area (Å²) in [7, 11) is 0. The Bertz CT molecular complexity index is 1220. The van der Waals surface area contributed by atoms with Gasteiger partial charge < -0.3 is 20.1 Å². The topological polar surface area (TPSA) is 104 Å². The van der Waals surface area contributed by atoms with Crippen LogP contribution in [0.5, 0.6) is 11.5 Å². The van der Waals surface area contributed by atoms with Gasteiger partial charge in [0.2, 0.25) is 0 Å². The number of alkyl halides is 3. The third kappa shape index (κ3) is 7.29. The molecule has 1 aliphatic rings. The predicted octanol–water partition coefficient (Wildman–Crippen LogP) is 3.26. The molecule has 0 saturated carbocycles. The SMILES string of the molecule is CCOc1cc(CN2CCN(c3ccc(C(=O)NCC(F)(F)F)nn3)CC2)cc(-c2cncc(O)c2)c1. The van der Waals surface area contributed by atoms with E-state index in [1.54, 1.807) is 23.6 Å². The van der Waals surface area contributed by atoms with Gasteiger partial charge >= 0.3 is 6.18 Å². The van der Waals surface area contributed by atoms with E-state index in [-0.39, 0.29) is 11.4 Å². The van der Waals surface area contributed by atoms with Crippen LogP contribution in [0.25, 0.3) is 11.1 Å². The molecule has 196 valence electrons. The molecule has 37 heavy (non-hydrogen) atoms. The number of hydrogen-bond acceptors (Lipinski definition) is 8. The molecule has 9 nitrogen and oxygen atoms in total. The van der Waals surface area contributed by atoms with Crippen molar-refractivity contribution in [3.8, 4) is 22.6 Å². The van der Waals surface area contributed by atoms with Crippen molar-refractivity contribution in [2.24, 2.45) is 0 Å². The van der Waals surface area contributed by atoms with Gasteiger partial charge in [-0.25, -0.2) is 0 Å². The fourth-order valence-corrected chi connectivity index (χ4v) is 4.03. The minimum absolute atomic E-state index is 0.0926. The molecule has 3 aromatic rings. The first-order chi connectivity index (χ1) is 17.7. The maximum absolute atomic E-state index is 12.3. The highest BCUT2D eigenvalue weighted by Gasteiger charge is 2.28. The van der Waals surface area contributed by atoms with Gasteiger partial charge in [-0.15, -0.1) is 10.2 Å². The van der Waals surface area contributed by atoms with E-state index in [4.69, 9.17) is 4.74 Å². The van der Waals surface area contributed by atoms with Gasteiger partial charge in [0.05, 0.1) is 12.8 Å². The van der Waals surface area contributed by atoms with E-state index in [1.165, 1.54) is 12.3 Å². The predicted molar refractivity (Wildman–Crippen MR) is 130 cm³/mol. The van der Waals surface area contributed by atoms with Crippen molar-refractivity contribution in [2.45, 2.75) is 19.6 Å². The van der Waals surface area contributed by atoms with Gasteiger partial charge in [-0.3, -0.25) is 14.7 Å². The summed E-state index contributed by atoms with van der Waals surface area (Å²) < 4.78 is 42.6. The zero-order chi connectivity index (χ0) is 26.4. The van der Waals surface area contributed by atoms with Gasteiger partial charge in [0.25, 0.3) is 5.91 Å². The second kappa shape index (κ2) is 11.4. The van der Waals surface area contributed by atoms with Crippen LogP contribution in [0.2, 0.25) is 0 Å². The summed E-state index contributed by atoms with van der Waals surface area (Å²) in [5, 5.41) is 19.4. The first-order valence-electron chi connectivity index (χ1n) is 11.8. The van der Waals surface area contributed by atoms with Crippen LogP contribution in [-0.2, 0) is 6.54 Å². The van der Waals surface area contributed by atoms with Gasteiger partial charge in [-0.05, 0) is 54.4 Å². The van der Waals surface area contributed by atoms with Crippen molar-refractivity contribution in [2.75, 3.05) is 44.2 Å². The lowest BCUT2D eigenvalue weighted by molar-refractivity contribution is -0.123. The van der Waals surface area contributed by atoms with Crippen LogP contribution in [-0.4, -0.2) is 76.6 Å². The van der Waals surface area contributed by atoms with Crippen molar-refractivity contribution in [1.82, 2.24) is 25.4 Å². The van der Waals surface area contributed by atoms with Gasteiger partial charge in [-0.1, -0.05) is 0 Å². The number of rotatable bonds is 8. The Hall–Kier alpha value is -3.93. The molecule has 0 bridgehead atoms. The lowest BCUT2D eigenvalue weighted by Crippen LogP contribution is -2.46. The lowest BCUT2D eigenvalue weighted by atomic mass is 10.0. The largest absolute Gasteiger partial charge is 0.506 e. The van der Waals surface area contributed by atoms with E-state index < -0.39 is 18.6 Å². The summed E-state index contributed by atoms with van der Waals surface area (Å²) in [5.74, 6) is 0.474. The van der Waals surface area contributed by atoms with E-state index >= 15 is 0 Å². The van der Waals surface area contributed by atoms with Crippen LogP contribution in [0.3, 0.4) is 0 Å². The Labute approximate surface area is 211 Å². The minimum Gasteiger partial charge on any atom is -0.506 e. The molecule has 0 unspecified atom stereocenters. The summed E-state index contributed by atoms with van der Waals surface area (Å²) in [6, 6.07) is 10.6. The molecular formula is C25H27F3N6O3. The number of nitrogens with zero attached hydrogens (tertiary/aromatic N) is 5. The molecule has 1 fully saturated rings. The van der Waals surface area contributed by atoms with E-state index in [2.05, 4.69) is 26.1 Å². The number of aromatic nitrogens is 3. The summed E-state index contributed by atoms with van der Waals surface area (Å²) in [4.78, 5) is 20.2. The number of halogens is 3. The number of carbonyl (C=O) groups excluding carboxylic acids is 1. The Morgan fingerprint density at radius 2 is 1.84 bits per heavy atom. The molecule has 0 atom stereocenters. The molecule has 3 heterocycles. The standard InChI is InChI=1S/C25H27F3N6O3/c1-2-37-21-10-17(9-18(12-21)19-11-20(35)14-29-13-19)15-33-5-7-34(8-6-33)23-4-3-22(31-32-23)24(36)30-16-25(26,27)28/h3-4,9-14,35H,2,5-8,15-16H2,1H3,(H,30,36). The number of benzene rings is 1. The monoisotopic (exact) mass is 516 g/mol. The summed E-state index contributed by atoms with van der Waals surface area (Å²) in [5.41, 5.74) is 2.59. The fourth-order valence-electron chi connectivity index (χ4n) is 4.03. The maximum Gasteiger partial charge on any atom is 0.405 e. The summed E-state index contributed by atoms with van der Waals surface area (Å²) in [6.07, 6.45) is -1.41. The number of nitrogens with one attached hydrogen (secondary N) is 1. The third-order valence-corrected chi connectivity index (χ3v) is 5.77. The second-order valence-electron chi connectivity index (χ2n) is 8.57. The molecule has 0 aliphatic carbocycles. The van der Waals surface area contributed by atoms with Crippen LogP contribution < -0.4 is 15.0 Å². The van der Waals surface area contributed by atoms with E-state index in [0.717, 1.165) is 35.5 Å². The number of piperazine rings is 1. The minimum atomic E-state index is -4.49. The highest BCUT2D eigenvalue weighted by Crippen LogP contribution is 2.28. The van der Waals surface area contributed by atoms with Crippen LogP contribution in [0.1, 0.15) is 23.0 Å². The highest BCUT2D eigenvalue weighted by atomic mass is 19.4. The van der Waals surface area contributed by atoms with E-state index in [1.807, 2.05) is 24.0 Å². The van der Waals surface area contributed by atoms with E-state index in [0.29, 0.717) is 32.1 Å². The number of ether oxygens (including phenoxy) is 1. The van der Waals surface area contributed by atoms with Crippen molar-refractivity contribution in [1.29, 1.82) is 0 Å². The van der Waals surface area contributed by atoms with Crippen LogP contribution in [0.4, 0.5) is 19.0 Å². The quantitative estimate of drug-likeness (QED) is 0.470. The van der Waals surface area contributed by atoms with Crippen molar-refractivity contribution in [3.63, 3.8) is 0 Å². The molecule has 0 radical (unpaired) electrons. The zero-order valence-electron chi connectivity index (χ0n) is 20.2. The van der Waals surface area contributed by atoms with Crippen molar-refractivity contribution in [3.05, 3.63) is 60.0 Å². The molecule has 2 N–H and O–H groups in total. The highest BCUT2D eigenvalue weighted by molar-refractivity contribution is 5.92. The number of anilines is 1. The van der Waals surface area contributed by atoms with Crippen LogP contribution in [0, 0.1) is 0 Å². The normalized spacial score (nSPS) is 14.4. The lowest BCUT2D eigenvalue weighted by Gasteiger charge is -2.35. The maximum atomic E-state index is 12.3. The molecule has 12 heteroatoms. The van der Waals surface area contributed by atoms with Gasteiger partial charge in [0.1, 0.15) is 18.0 Å². The van der Waals surface area contributed by atoms with E-state index in [9.17, 15) is 23.1 Å². The average molecular weight is 517 g/mol. The second-order valence-corrected chi connectivity index (χ2v) is 8.57. The molecule has 0 spiro atoms. The average Bonchev–Trinajstić information content (AvgIpc) is 2.87. The molecule has 1 aliphatic heterocycles. The zero-order valence-corrected chi connectivity index (χ0v) is 20.2. The number of carbonyl (C=O) groups is 1. The van der Waals surface area contributed by atoms with Crippen LogP contribution in [0.15, 0.2) is 48.8 Å². The van der Waals surface area contributed by atoms with Gasteiger partial charge in [0, 0.05) is 44.5 Å². The van der Waals surface area contributed by atoms with Crippen molar-refractivity contribution >= 4 is 11.7 Å². The fraction of sp³-hybridized carbons (Fsp3) is 0.360. The Morgan fingerprint density at radius 1 is 1.05 bits per heavy atom. The first-order valence-corrected chi connectivity index (χ1v) is 11.8. The third-order valence-electron chi connectivity index (χ3n) is 5.77. The number of aromatic hydroxyl groups is 1. The Morgan fingerprint density at radius 3 is 2.49 bits per heavy atom. The molecule has 1 saturated heterocycles. The van der Waals surface area contributed by atoms with Gasteiger partial charge in [0.15, 0.2) is 11.5 Å². The molecule has 1 aromatic carbocycles. The first kappa shape index (κ1) is 26.1. The number of hydrogen-bond donors (Lipinski definition) is 2. The molecule has 2 aromatic heterocycles. The Balaban J connectivity index is 1.37. The Kier molecular flexibility index (Phi) is 8.07. The summed E-state index contributed by atoms with van der Waals surface area (Å²) in [6.45, 7) is 4.56. The summed E-state index contributed by atoms with van der Waals surface area (Å²) >= 11 is 0. The molecule has 1 amide bonds. The van der Waals surface area contributed by atoms with Crippen molar-refractivity contribution < 1.29 is 27.8 Å². The number of pyridine rings is 1. The van der Waals surface area contributed by atoms with Crippen LogP contribution >= 0.6 is 0 Å². The smallest absolute Gasteiger partial charge is 0.405 e. The van der Waals surface area contributed by atoms with Gasteiger partial charge in [-0.2, -0.15) is 13.2 Å².